The van der Waals surface area contributed by atoms with E-state index < -0.39 is 11.5 Å². The molecule has 1 fully saturated rings. The van der Waals surface area contributed by atoms with Gasteiger partial charge in [0.2, 0.25) is 5.91 Å². The van der Waals surface area contributed by atoms with Crippen molar-refractivity contribution in [3.8, 4) is 0 Å². The number of hydrogen-bond donors (Lipinski definition) is 3. The monoisotopic (exact) mass is 274 g/mol. The lowest BCUT2D eigenvalue weighted by Gasteiger charge is -2.26. The summed E-state index contributed by atoms with van der Waals surface area (Å²) in [5, 5.41) is 15.1. The van der Waals surface area contributed by atoms with E-state index in [9.17, 15) is 14.7 Å². The number of amides is 1. The molecule has 1 saturated carbocycles. The Hall–Kier alpha value is -0.750. The van der Waals surface area contributed by atoms with Gasteiger partial charge in [0, 0.05) is 12.6 Å². The fraction of sp³-hybridized carbons (Fsp3) is 0.833. The molecule has 1 unspecified atom stereocenters. The Balaban J connectivity index is 2.25. The van der Waals surface area contributed by atoms with Crippen LogP contribution < -0.4 is 10.6 Å². The maximum absolute atomic E-state index is 11.3. The van der Waals surface area contributed by atoms with Crippen LogP contribution in [0.5, 0.6) is 0 Å². The minimum absolute atomic E-state index is 0.00896. The summed E-state index contributed by atoms with van der Waals surface area (Å²) in [6.45, 7) is 4.24. The Morgan fingerprint density at radius 3 is 2.61 bits per heavy atom. The Morgan fingerprint density at radius 2 is 2.11 bits per heavy atom. The van der Waals surface area contributed by atoms with Crippen LogP contribution in [0.1, 0.15) is 33.1 Å². The maximum atomic E-state index is 11.3. The van der Waals surface area contributed by atoms with Crippen LogP contribution in [0.25, 0.3) is 0 Å². The summed E-state index contributed by atoms with van der Waals surface area (Å²) in [6, 6.07) is 0.361. The van der Waals surface area contributed by atoms with Gasteiger partial charge in [0.15, 0.2) is 0 Å². The van der Waals surface area contributed by atoms with Gasteiger partial charge in [-0.3, -0.25) is 14.9 Å². The molecule has 0 aliphatic heterocycles. The van der Waals surface area contributed by atoms with Gasteiger partial charge in [-0.25, -0.2) is 0 Å². The zero-order valence-corrected chi connectivity index (χ0v) is 11.8. The Labute approximate surface area is 112 Å². The van der Waals surface area contributed by atoms with E-state index in [-0.39, 0.29) is 5.91 Å². The van der Waals surface area contributed by atoms with E-state index >= 15 is 0 Å². The lowest BCUT2D eigenvalue weighted by atomic mass is 9.99. The molecule has 6 heteroatoms. The number of carbonyl (C=O) groups is 2. The predicted octanol–water partition coefficient (Wildman–Crippen LogP) is 0.841. The third-order valence-corrected chi connectivity index (χ3v) is 3.88. The number of nitrogens with one attached hydrogen (secondary N) is 2. The Bertz CT molecular complexity index is 308. The highest BCUT2D eigenvalue weighted by atomic mass is 32.2. The summed E-state index contributed by atoms with van der Waals surface area (Å²) in [4.78, 5) is 22.5. The fourth-order valence-corrected chi connectivity index (χ4v) is 2.59. The van der Waals surface area contributed by atoms with Gasteiger partial charge >= 0.3 is 5.97 Å². The number of aliphatic carboxylic acids is 1. The molecule has 0 radical (unpaired) electrons. The third kappa shape index (κ3) is 5.27. The number of hydrogen-bond acceptors (Lipinski definition) is 4. The first-order valence-corrected chi connectivity index (χ1v) is 7.49. The molecule has 104 valence electrons. The lowest BCUT2D eigenvalue weighted by molar-refractivity contribution is -0.144. The summed E-state index contributed by atoms with van der Waals surface area (Å²) in [7, 11) is 0. The third-order valence-electron chi connectivity index (χ3n) is 2.93. The number of carbonyl (C=O) groups excluding carboxylic acids is 1. The van der Waals surface area contributed by atoms with Crippen molar-refractivity contribution in [2.45, 2.75) is 44.7 Å². The van der Waals surface area contributed by atoms with Crippen molar-refractivity contribution in [1.82, 2.24) is 10.6 Å². The Kier molecular flexibility index (Phi) is 5.95. The standard InChI is InChI=1S/C12H22N2O3S/c1-3-13-10(15)8-18-7-6-12(2,11(16)17)14-9-4-5-9/h9,14H,3-8H2,1-2H3,(H,13,15)(H,16,17). The molecule has 0 bridgehead atoms. The maximum Gasteiger partial charge on any atom is 0.323 e. The smallest absolute Gasteiger partial charge is 0.323 e. The zero-order valence-electron chi connectivity index (χ0n) is 11.0. The second-order valence-electron chi connectivity index (χ2n) is 4.81. The van der Waals surface area contributed by atoms with Crippen LogP contribution in [0.2, 0.25) is 0 Å². The van der Waals surface area contributed by atoms with Gasteiger partial charge in [0.05, 0.1) is 5.75 Å². The van der Waals surface area contributed by atoms with Crippen LogP contribution in [-0.2, 0) is 9.59 Å². The van der Waals surface area contributed by atoms with Gasteiger partial charge in [-0.15, -0.1) is 0 Å². The lowest BCUT2D eigenvalue weighted by Crippen LogP contribution is -2.51. The zero-order chi connectivity index (χ0) is 13.6. The van der Waals surface area contributed by atoms with Crippen LogP contribution in [0, 0.1) is 0 Å². The molecule has 3 N–H and O–H groups in total. The summed E-state index contributed by atoms with van der Waals surface area (Å²) >= 11 is 1.48. The van der Waals surface area contributed by atoms with Crippen LogP contribution in [-0.4, -0.2) is 46.6 Å². The molecule has 18 heavy (non-hydrogen) atoms. The number of rotatable bonds is 9. The van der Waals surface area contributed by atoms with E-state index in [4.69, 9.17) is 0 Å². The van der Waals surface area contributed by atoms with Gasteiger partial charge in [-0.2, -0.15) is 11.8 Å². The summed E-state index contributed by atoms with van der Waals surface area (Å²) < 4.78 is 0. The second-order valence-corrected chi connectivity index (χ2v) is 5.92. The highest BCUT2D eigenvalue weighted by Gasteiger charge is 2.37. The van der Waals surface area contributed by atoms with Gasteiger partial charge in [0.1, 0.15) is 5.54 Å². The molecule has 0 aromatic carbocycles. The van der Waals surface area contributed by atoms with Crippen molar-refractivity contribution in [2.24, 2.45) is 0 Å². The van der Waals surface area contributed by atoms with E-state index in [1.54, 1.807) is 6.92 Å². The van der Waals surface area contributed by atoms with Crippen LogP contribution in [0.15, 0.2) is 0 Å². The topological polar surface area (TPSA) is 78.4 Å². The molecule has 0 aromatic rings. The minimum Gasteiger partial charge on any atom is -0.480 e. The molecule has 1 atom stereocenters. The average Bonchev–Trinajstić information content (AvgIpc) is 3.08. The molecule has 1 rings (SSSR count). The van der Waals surface area contributed by atoms with Crippen molar-refractivity contribution in [2.75, 3.05) is 18.1 Å². The molecule has 1 aliphatic carbocycles. The molecule has 0 heterocycles. The van der Waals surface area contributed by atoms with Crippen molar-refractivity contribution in [1.29, 1.82) is 0 Å². The van der Waals surface area contributed by atoms with E-state index in [2.05, 4.69) is 10.6 Å². The average molecular weight is 274 g/mol. The van der Waals surface area contributed by atoms with Crippen molar-refractivity contribution in [3.05, 3.63) is 0 Å². The van der Waals surface area contributed by atoms with E-state index in [0.29, 0.717) is 30.5 Å². The molecular weight excluding hydrogens is 252 g/mol. The first-order chi connectivity index (χ1) is 8.48. The largest absolute Gasteiger partial charge is 0.480 e. The normalized spacial score (nSPS) is 18.1. The highest BCUT2D eigenvalue weighted by molar-refractivity contribution is 7.99. The van der Waals surface area contributed by atoms with Crippen molar-refractivity contribution >= 4 is 23.6 Å². The first kappa shape index (κ1) is 15.3. The molecule has 0 spiro atoms. The molecule has 0 aromatic heterocycles. The summed E-state index contributed by atoms with van der Waals surface area (Å²) in [5.41, 5.74) is -0.866. The molecule has 0 saturated heterocycles. The van der Waals surface area contributed by atoms with Gasteiger partial charge in [-0.05, 0) is 38.9 Å². The van der Waals surface area contributed by atoms with E-state index in [0.717, 1.165) is 12.8 Å². The molecule has 1 aliphatic rings. The van der Waals surface area contributed by atoms with Crippen LogP contribution >= 0.6 is 11.8 Å². The SMILES string of the molecule is CCNC(=O)CSCCC(C)(NC1CC1)C(=O)O. The number of carboxylic acids is 1. The van der Waals surface area contributed by atoms with Crippen molar-refractivity contribution < 1.29 is 14.7 Å². The number of carboxylic acid groups (broad SMARTS) is 1. The summed E-state index contributed by atoms with van der Waals surface area (Å²) in [5.74, 6) is 0.259. The van der Waals surface area contributed by atoms with Gasteiger partial charge in [0.25, 0.3) is 0 Å². The quantitative estimate of drug-likeness (QED) is 0.543. The molecule has 5 nitrogen and oxygen atoms in total. The van der Waals surface area contributed by atoms with Gasteiger partial charge < -0.3 is 10.4 Å². The van der Waals surface area contributed by atoms with Crippen molar-refractivity contribution in [3.63, 3.8) is 0 Å². The molecular formula is C12H22N2O3S. The van der Waals surface area contributed by atoms with E-state index in [1.165, 1.54) is 11.8 Å². The minimum atomic E-state index is -0.866. The fourth-order valence-electron chi connectivity index (χ4n) is 1.61. The van der Waals surface area contributed by atoms with Crippen LogP contribution in [0.4, 0.5) is 0 Å². The number of thioether (sulfide) groups is 1. The highest BCUT2D eigenvalue weighted by Crippen LogP contribution is 2.25. The summed E-state index contributed by atoms with van der Waals surface area (Å²) in [6.07, 6.45) is 2.66. The van der Waals surface area contributed by atoms with Crippen LogP contribution in [0.3, 0.4) is 0 Å². The van der Waals surface area contributed by atoms with E-state index in [1.807, 2.05) is 6.92 Å². The Morgan fingerprint density at radius 1 is 1.44 bits per heavy atom. The van der Waals surface area contributed by atoms with Gasteiger partial charge in [-0.1, -0.05) is 0 Å². The molecule has 1 amide bonds. The first-order valence-electron chi connectivity index (χ1n) is 6.33. The predicted molar refractivity (Wildman–Crippen MR) is 72.8 cm³/mol. The second kappa shape index (κ2) is 6.99.